The van der Waals surface area contributed by atoms with Gasteiger partial charge in [-0.25, -0.2) is 22.9 Å². The molecule has 9 heteroatoms. The minimum absolute atomic E-state index is 0.0373. The van der Waals surface area contributed by atoms with Crippen LogP contribution in [-0.2, 0) is 14.8 Å². The number of hydrazone groups is 1. The normalized spacial score (nSPS) is 17.6. The molecule has 0 aliphatic carbocycles. The summed E-state index contributed by atoms with van der Waals surface area (Å²) in [6, 6.07) is 5.86. The zero-order valence-electron chi connectivity index (χ0n) is 14.5. The number of carbonyl (C=O) groups is 1. The summed E-state index contributed by atoms with van der Waals surface area (Å²) in [4.78, 5) is 15.9. The molecule has 0 saturated heterocycles. The molecular formula is C16H22N4O4S. The Labute approximate surface area is 147 Å². The smallest absolute Gasteiger partial charge is 0.339 e. The van der Waals surface area contributed by atoms with Gasteiger partial charge in [-0.2, -0.15) is 5.10 Å². The Balaban J connectivity index is 2.32. The van der Waals surface area contributed by atoms with Gasteiger partial charge in [0.1, 0.15) is 4.90 Å². The molecule has 8 nitrogen and oxygen atoms in total. The summed E-state index contributed by atoms with van der Waals surface area (Å²) in [6.07, 6.45) is 2.68. The number of hydrogen-bond donors (Lipinski definition) is 1. The molecule has 1 unspecified atom stereocenters. The number of guanidine groups is 1. The Hall–Kier alpha value is -2.42. The zero-order valence-corrected chi connectivity index (χ0v) is 15.3. The van der Waals surface area contributed by atoms with Crippen LogP contribution in [0.5, 0.6) is 0 Å². The number of aliphatic imine (C=N–C) groups is 1. The molecule has 0 bridgehead atoms. The summed E-state index contributed by atoms with van der Waals surface area (Å²) < 4.78 is 32.7. The molecule has 136 valence electrons. The molecule has 1 aromatic rings. The Kier molecular flexibility index (Phi) is 6.13. The van der Waals surface area contributed by atoms with E-state index in [1.807, 2.05) is 6.92 Å². The maximum atomic E-state index is 12.8. The first-order valence-corrected chi connectivity index (χ1v) is 9.47. The summed E-state index contributed by atoms with van der Waals surface area (Å²) >= 11 is 0. The van der Waals surface area contributed by atoms with Gasteiger partial charge in [0.15, 0.2) is 0 Å². The number of esters is 1. The predicted molar refractivity (Wildman–Crippen MR) is 95.1 cm³/mol. The molecule has 1 aliphatic rings. The summed E-state index contributed by atoms with van der Waals surface area (Å²) in [5.74, 6) is -0.344. The van der Waals surface area contributed by atoms with Crippen molar-refractivity contribution in [2.45, 2.75) is 25.2 Å². The standard InChI is InChI=1S/C16H22N4O4S/c1-4-12-10-18-20(11-12)16(17-5-2)19-25(22,23)14-9-7-6-8-13(14)15(21)24-3/h6-10,12H,4-5,11H2,1-3H3,(H,17,19). The van der Waals surface area contributed by atoms with Crippen LogP contribution >= 0.6 is 0 Å². The van der Waals surface area contributed by atoms with Crippen molar-refractivity contribution >= 4 is 28.2 Å². The van der Waals surface area contributed by atoms with Crippen LogP contribution in [0.2, 0.25) is 0 Å². The van der Waals surface area contributed by atoms with Crippen LogP contribution in [0.3, 0.4) is 0 Å². The van der Waals surface area contributed by atoms with E-state index in [0.717, 1.165) is 6.42 Å². The first-order valence-electron chi connectivity index (χ1n) is 7.99. The maximum absolute atomic E-state index is 12.8. The van der Waals surface area contributed by atoms with Crippen LogP contribution in [-0.4, -0.2) is 51.8 Å². The molecule has 0 amide bonds. The molecule has 0 saturated carbocycles. The highest BCUT2D eigenvalue weighted by Crippen LogP contribution is 2.18. The summed E-state index contributed by atoms with van der Waals surface area (Å²) in [7, 11) is -2.82. The Bertz CT molecular complexity index is 789. The minimum Gasteiger partial charge on any atom is -0.465 e. The number of sulfonamides is 1. The lowest BCUT2D eigenvalue weighted by molar-refractivity contribution is 0.0596. The molecule has 0 spiro atoms. The van der Waals surface area contributed by atoms with Crippen LogP contribution in [0.15, 0.2) is 39.3 Å². The van der Waals surface area contributed by atoms with Crippen molar-refractivity contribution in [3.05, 3.63) is 29.8 Å². The SMILES string of the molecule is CCN=C(NS(=O)(=O)c1ccccc1C(=O)OC)N1CC(CC)C=N1. The van der Waals surface area contributed by atoms with E-state index in [2.05, 4.69) is 19.6 Å². The third kappa shape index (κ3) is 4.36. The van der Waals surface area contributed by atoms with E-state index in [1.165, 1.54) is 24.3 Å². The summed E-state index contributed by atoms with van der Waals surface area (Å²) in [5.41, 5.74) is -0.0373. The van der Waals surface area contributed by atoms with Gasteiger partial charge in [0.05, 0.1) is 19.2 Å². The van der Waals surface area contributed by atoms with Gasteiger partial charge < -0.3 is 4.74 Å². The summed E-state index contributed by atoms with van der Waals surface area (Å²) in [6.45, 7) is 4.77. The molecule has 1 aromatic carbocycles. The van der Waals surface area contributed by atoms with Crippen LogP contribution < -0.4 is 4.72 Å². The third-order valence-electron chi connectivity index (χ3n) is 3.71. The van der Waals surface area contributed by atoms with E-state index >= 15 is 0 Å². The second kappa shape index (κ2) is 8.11. The molecule has 2 rings (SSSR count). The highest BCUT2D eigenvalue weighted by Gasteiger charge is 2.27. The Morgan fingerprint density at radius 2 is 2.12 bits per heavy atom. The van der Waals surface area contributed by atoms with Gasteiger partial charge in [0.25, 0.3) is 10.0 Å². The highest BCUT2D eigenvalue weighted by molar-refractivity contribution is 7.90. The lowest BCUT2D eigenvalue weighted by Crippen LogP contribution is -2.42. The second-order valence-corrected chi connectivity index (χ2v) is 7.06. The van der Waals surface area contributed by atoms with E-state index in [1.54, 1.807) is 25.3 Å². The van der Waals surface area contributed by atoms with Crippen molar-refractivity contribution in [1.29, 1.82) is 0 Å². The van der Waals surface area contributed by atoms with E-state index in [0.29, 0.717) is 13.1 Å². The number of rotatable bonds is 5. The molecule has 1 heterocycles. The van der Waals surface area contributed by atoms with Gasteiger partial charge in [-0.1, -0.05) is 19.1 Å². The van der Waals surface area contributed by atoms with Crippen LogP contribution in [0, 0.1) is 5.92 Å². The molecule has 0 radical (unpaired) electrons. The van der Waals surface area contributed by atoms with Crippen molar-refractivity contribution in [3.8, 4) is 0 Å². The van der Waals surface area contributed by atoms with Gasteiger partial charge >= 0.3 is 5.97 Å². The van der Waals surface area contributed by atoms with Crippen LogP contribution in [0.25, 0.3) is 0 Å². The maximum Gasteiger partial charge on any atom is 0.339 e. The second-order valence-electron chi connectivity index (χ2n) is 5.41. The van der Waals surface area contributed by atoms with E-state index < -0.39 is 16.0 Å². The van der Waals surface area contributed by atoms with Crippen molar-refractivity contribution < 1.29 is 17.9 Å². The lowest BCUT2D eigenvalue weighted by atomic mass is 10.1. The zero-order chi connectivity index (χ0) is 18.4. The van der Waals surface area contributed by atoms with Crippen molar-refractivity contribution in [3.63, 3.8) is 0 Å². The number of nitrogens with zero attached hydrogens (tertiary/aromatic N) is 3. The molecule has 1 atom stereocenters. The minimum atomic E-state index is -4.03. The fourth-order valence-electron chi connectivity index (χ4n) is 2.34. The van der Waals surface area contributed by atoms with Crippen LogP contribution in [0.4, 0.5) is 0 Å². The fraction of sp³-hybridized carbons (Fsp3) is 0.438. The first-order chi connectivity index (χ1) is 11.9. The number of hydrogen-bond acceptors (Lipinski definition) is 6. The lowest BCUT2D eigenvalue weighted by Gasteiger charge is -2.19. The number of nitrogens with one attached hydrogen (secondary N) is 1. The third-order valence-corrected chi connectivity index (χ3v) is 5.09. The van der Waals surface area contributed by atoms with Gasteiger partial charge in [0, 0.05) is 18.7 Å². The molecule has 25 heavy (non-hydrogen) atoms. The van der Waals surface area contributed by atoms with Gasteiger partial charge in [-0.05, 0) is 25.5 Å². The number of carbonyl (C=O) groups excluding carboxylic acids is 1. The average molecular weight is 366 g/mol. The Morgan fingerprint density at radius 1 is 1.40 bits per heavy atom. The van der Waals surface area contributed by atoms with Gasteiger partial charge in [0.2, 0.25) is 5.96 Å². The monoisotopic (exact) mass is 366 g/mol. The number of methoxy groups -OCH3 is 1. The van der Waals surface area contributed by atoms with E-state index in [-0.39, 0.29) is 22.3 Å². The van der Waals surface area contributed by atoms with Gasteiger partial charge in [-0.15, -0.1) is 0 Å². The topological polar surface area (TPSA) is 100 Å². The molecule has 0 aromatic heterocycles. The van der Waals surface area contributed by atoms with Crippen LogP contribution in [0.1, 0.15) is 30.6 Å². The van der Waals surface area contributed by atoms with E-state index in [4.69, 9.17) is 0 Å². The Morgan fingerprint density at radius 3 is 2.72 bits per heavy atom. The van der Waals surface area contributed by atoms with Crippen molar-refractivity contribution in [2.75, 3.05) is 20.2 Å². The molecule has 1 aliphatic heterocycles. The largest absolute Gasteiger partial charge is 0.465 e. The average Bonchev–Trinajstić information content (AvgIpc) is 3.09. The van der Waals surface area contributed by atoms with Crippen molar-refractivity contribution in [2.24, 2.45) is 16.0 Å². The number of benzene rings is 1. The summed E-state index contributed by atoms with van der Waals surface area (Å²) in [5, 5.41) is 5.74. The quantitative estimate of drug-likeness (QED) is 0.483. The molecule has 0 fully saturated rings. The first kappa shape index (κ1) is 18.9. The van der Waals surface area contributed by atoms with Gasteiger partial charge in [-0.3, -0.25) is 4.99 Å². The molecule has 1 N–H and O–H groups in total. The molecular weight excluding hydrogens is 344 g/mol. The highest BCUT2D eigenvalue weighted by atomic mass is 32.2. The van der Waals surface area contributed by atoms with Crippen molar-refractivity contribution in [1.82, 2.24) is 9.73 Å². The van der Waals surface area contributed by atoms with E-state index in [9.17, 15) is 13.2 Å². The fourth-order valence-corrected chi connectivity index (χ4v) is 3.56. The predicted octanol–water partition coefficient (Wildman–Crippen LogP) is 1.46. The number of ether oxygens (including phenoxy) is 1.